The van der Waals surface area contributed by atoms with Gasteiger partial charge in [-0.3, -0.25) is 14.5 Å². The van der Waals surface area contributed by atoms with Crippen LogP contribution in [0.1, 0.15) is 32.3 Å². The molecule has 1 aromatic rings. The maximum atomic E-state index is 12.2. The van der Waals surface area contributed by atoms with Gasteiger partial charge in [0.05, 0.1) is 26.2 Å². The predicted molar refractivity (Wildman–Crippen MR) is 106 cm³/mol. The third kappa shape index (κ3) is 7.31. The number of amides is 2. The first-order valence-electron chi connectivity index (χ1n) is 10.0. The molecule has 1 saturated heterocycles. The Kier molecular flexibility index (Phi) is 9.28. The van der Waals surface area contributed by atoms with Crippen molar-refractivity contribution in [2.24, 2.45) is 5.92 Å². The van der Waals surface area contributed by atoms with Crippen molar-refractivity contribution >= 4 is 11.8 Å². The lowest BCUT2D eigenvalue weighted by Crippen LogP contribution is -2.52. The van der Waals surface area contributed by atoms with Crippen molar-refractivity contribution in [2.45, 2.75) is 39.2 Å². The smallest absolute Gasteiger partial charge is 0.239 e. The van der Waals surface area contributed by atoms with Gasteiger partial charge >= 0.3 is 0 Å². The zero-order chi connectivity index (χ0) is 19.5. The molecule has 0 saturated carbocycles. The van der Waals surface area contributed by atoms with Crippen LogP contribution in [-0.4, -0.2) is 62.1 Å². The van der Waals surface area contributed by atoms with Gasteiger partial charge in [-0.1, -0.05) is 57.0 Å². The third-order valence-electron chi connectivity index (χ3n) is 5.27. The fourth-order valence-electron chi connectivity index (χ4n) is 3.64. The van der Waals surface area contributed by atoms with Crippen molar-refractivity contribution in [1.29, 1.82) is 0 Å². The number of hydrogen-bond donors (Lipinski definition) is 2. The van der Waals surface area contributed by atoms with Crippen LogP contribution in [0.15, 0.2) is 30.3 Å². The summed E-state index contributed by atoms with van der Waals surface area (Å²) >= 11 is 0. The van der Waals surface area contributed by atoms with Gasteiger partial charge in [-0.2, -0.15) is 0 Å². The summed E-state index contributed by atoms with van der Waals surface area (Å²) < 4.78 is 5.46. The molecule has 0 bridgehead atoms. The van der Waals surface area contributed by atoms with Crippen molar-refractivity contribution in [3.8, 4) is 0 Å². The Morgan fingerprint density at radius 3 is 2.33 bits per heavy atom. The number of carbonyl (C=O) groups excluding carboxylic acids is 2. The van der Waals surface area contributed by atoms with E-state index in [1.54, 1.807) is 0 Å². The first-order valence-corrected chi connectivity index (χ1v) is 10.0. The van der Waals surface area contributed by atoms with Gasteiger partial charge in [0.2, 0.25) is 11.8 Å². The van der Waals surface area contributed by atoms with Crippen LogP contribution >= 0.6 is 0 Å². The van der Waals surface area contributed by atoms with E-state index < -0.39 is 0 Å². The normalized spacial score (nSPS) is 16.1. The van der Waals surface area contributed by atoms with Gasteiger partial charge in [0.15, 0.2) is 0 Å². The SMILES string of the molecule is CCC(CC)C(CNC(=O)CNC(=O)Cc1ccccc1)N1CCOCC1. The Balaban J connectivity index is 1.77. The molecule has 0 radical (unpaired) electrons. The fraction of sp³-hybridized carbons (Fsp3) is 0.619. The van der Waals surface area contributed by atoms with E-state index in [2.05, 4.69) is 29.4 Å². The van der Waals surface area contributed by atoms with Crippen LogP contribution in [0.5, 0.6) is 0 Å². The number of benzene rings is 1. The summed E-state index contributed by atoms with van der Waals surface area (Å²) in [6.07, 6.45) is 2.46. The number of morpholine rings is 1. The molecule has 2 amide bonds. The molecule has 27 heavy (non-hydrogen) atoms. The van der Waals surface area contributed by atoms with Gasteiger partial charge in [0.25, 0.3) is 0 Å². The molecule has 1 aliphatic heterocycles. The maximum Gasteiger partial charge on any atom is 0.239 e. The molecule has 1 unspecified atom stereocenters. The second-order valence-corrected chi connectivity index (χ2v) is 7.04. The Morgan fingerprint density at radius 1 is 1.04 bits per heavy atom. The standard InChI is InChI=1S/C21H33N3O3/c1-3-18(4-2)19(24-10-12-27-13-11-24)15-22-21(26)16-23-20(25)14-17-8-6-5-7-9-17/h5-9,18-19H,3-4,10-16H2,1-2H3,(H,22,26)(H,23,25). The van der Waals surface area contributed by atoms with Crippen molar-refractivity contribution in [2.75, 3.05) is 39.4 Å². The zero-order valence-electron chi connectivity index (χ0n) is 16.6. The van der Waals surface area contributed by atoms with Crippen molar-refractivity contribution in [1.82, 2.24) is 15.5 Å². The minimum absolute atomic E-state index is 0.0183. The van der Waals surface area contributed by atoms with Crippen LogP contribution in [-0.2, 0) is 20.7 Å². The van der Waals surface area contributed by atoms with Gasteiger partial charge in [0.1, 0.15) is 0 Å². The molecule has 1 heterocycles. The summed E-state index contributed by atoms with van der Waals surface area (Å²) in [5.41, 5.74) is 0.941. The first-order chi connectivity index (χ1) is 13.1. The van der Waals surface area contributed by atoms with Crippen LogP contribution in [0.4, 0.5) is 0 Å². The predicted octanol–water partition coefficient (Wildman–Crippen LogP) is 1.60. The molecule has 6 nitrogen and oxygen atoms in total. The number of nitrogens with one attached hydrogen (secondary N) is 2. The summed E-state index contributed by atoms with van der Waals surface area (Å²) in [4.78, 5) is 26.6. The molecule has 0 aromatic heterocycles. The fourth-order valence-corrected chi connectivity index (χ4v) is 3.64. The van der Waals surface area contributed by atoms with Gasteiger partial charge < -0.3 is 15.4 Å². The summed E-state index contributed by atoms with van der Waals surface area (Å²) in [5.74, 6) is 0.262. The number of ether oxygens (including phenoxy) is 1. The Labute approximate surface area is 162 Å². The minimum atomic E-state index is -0.138. The van der Waals surface area contributed by atoms with E-state index in [-0.39, 0.29) is 24.8 Å². The quantitative estimate of drug-likeness (QED) is 0.652. The van der Waals surface area contributed by atoms with E-state index in [9.17, 15) is 9.59 Å². The summed E-state index contributed by atoms with van der Waals surface area (Å²) in [6, 6.07) is 9.84. The number of nitrogens with zero attached hydrogens (tertiary/aromatic N) is 1. The molecule has 0 spiro atoms. The Morgan fingerprint density at radius 2 is 1.70 bits per heavy atom. The van der Waals surface area contributed by atoms with E-state index in [1.807, 2.05) is 30.3 Å². The highest BCUT2D eigenvalue weighted by molar-refractivity contribution is 5.85. The second-order valence-electron chi connectivity index (χ2n) is 7.04. The molecular weight excluding hydrogens is 342 g/mol. The lowest BCUT2D eigenvalue weighted by Gasteiger charge is -2.38. The molecule has 2 N–H and O–H groups in total. The van der Waals surface area contributed by atoms with Crippen LogP contribution in [0, 0.1) is 5.92 Å². The second kappa shape index (κ2) is 11.7. The highest BCUT2D eigenvalue weighted by Crippen LogP contribution is 2.19. The van der Waals surface area contributed by atoms with E-state index in [1.165, 1.54) is 0 Å². The number of carbonyl (C=O) groups is 2. The Hall–Kier alpha value is -1.92. The highest BCUT2D eigenvalue weighted by Gasteiger charge is 2.27. The lowest BCUT2D eigenvalue weighted by atomic mass is 9.92. The largest absolute Gasteiger partial charge is 0.379 e. The Bertz CT molecular complexity index is 569. The van der Waals surface area contributed by atoms with E-state index in [4.69, 9.17) is 4.74 Å². The molecule has 150 valence electrons. The van der Waals surface area contributed by atoms with Gasteiger partial charge in [-0.25, -0.2) is 0 Å². The zero-order valence-corrected chi connectivity index (χ0v) is 16.6. The number of hydrogen-bond acceptors (Lipinski definition) is 4. The molecule has 2 rings (SSSR count). The van der Waals surface area contributed by atoms with Crippen LogP contribution in [0.25, 0.3) is 0 Å². The van der Waals surface area contributed by atoms with Gasteiger partial charge in [-0.05, 0) is 11.5 Å². The first kappa shape index (κ1) is 21.4. The summed E-state index contributed by atoms with van der Waals surface area (Å²) in [7, 11) is 0. The molecule has 1 aromatic carbocycles. The van der Waals surface area contributed by atoms with E-state index >= 15 is 0 Å². The lowest BCUT2D eigenvalue weighted by molar-refractivity contribution is -0.126. The van der Waals surface area contributed by atoms with Crippen LogP contribution < -0.4 is 10.6 Å². The molecule has 0 aliphatic carbocycles. The summed E-state index contributed by atoms with van der Waals surface area (Å²) in [6.45, 7) is 8.35. The topological polar surface area (TPSA) is 70.7 Å². The maximum absolute atomic E-state index is 12.2. The molecule has 1 atom stereocenters. The van der Waals surface area contributed by atoms with Crippen LogP contribution in [0.2, 0.25) is 0 Å². The average molecular weight is 376 g/mol. The van der Waals surface area contributed by atoms with Crippen molar-refractivity contribution in [3.63, 3.8) is 0 Å². The van der Waals surface area contributed by atoms with Crippen molar-refractivity contribution in [3.05, 3.63) is 35.9 Å². The monoisotopic (exact) mass is 375 g/mol. The molecule has 1 fully saturated rings. The molecular formula is C21H33N3O3. The highest BCUT2D eigenvalue weighted by atomic mass is 16.5. The number of rotatable bonds is 10. The van der Waals surface area contributed by atoms with E-state index in [0.29, 0.717) is 18.5 Å². The summed E-state index contributed by atoms with van der Waals surface area (Å²) in [5, 5.41) is 5.72. The third-order valence-corrected chi connectivity index (χ3v) is 5.27. The van der Waals surface area contributed by atoms with Gasteiger partial charge in [0, 0.05) is 25.7 Å². The molecule has 1 aliphatic rings. The van der Waals surface area contributed by atoms with Gasteiger partial charge in [-0.15, -0.1) is 0 Å². The minimum Gasteiger partial charge on any atom is -0.379 e. The van der Waals surface area contributed by atoms with E-state index in [0.717, 1.165) is 44.7 Å². The molecule has 6 heteroatoms. The average Bonchev–Trinajstić information content (AvgIpc) is 2.71. The van der Waals surface area contributed by atoms with Crippen LogP contribution in [0.3, 0.4) is 0 Å². The van der Waals surface area contributed by atoms with Crippen molar-refractivity contribution < 1.29 is 14.3 Å².